The Morgan fingerprint density at radius 3 is 2.62 bits per heavy atom. The molecule has 0 spiro atoms. The van der Waals surface area contributed by atoms with Gasteiger partial charge in [0.1, 0.15) is 5.82 Å². The number of halogens is 1. The van der Waals surface area contributed by atoms with Gasteiger partial charge in [0.2, 0.25) is 0 Å². The zero-order valence-corrected chi connectivity index (χ0v) is 10.5. The van der Waals surface area contributed by atoms with Gasteiger partial charge < -0.3 is 5.73 Å². The summed E-state index contributed by atoms with van der Waals surface area (Å²) < 4.78 is 13.6. The highest BCUT2D eigenvalue weighted by Crippen LogP contribution is 2.17. The van der Waals surface area contributed by atoms with Gasteiger partial charge in [-0.3, -0.25) is 0 Å². The molecule has 1 aromatic carbocycles. The minimum absolute atomic E-state index is 0.0431. The Balaban J connectivity index is 2.70. The van der Waals surface area contributed by atoms with E-state index in [2.05, 4.69) is 0 Å². The van der Waals surface area contributed by atoms with Gasteiger partial charge in [-0.05, 0) is 56.2 Å². The zero-order valence-electron chi connectivity index (χ0n) is 10.5. The van der Waals surface area contributed by atoms with Crippen LogP contribution in [-0.2, 0) is 12.8 Å². The van der Waals surface area contributed by atoms with Crippen molar-refractivity contribution in [1.29, 1.82) is 0 Å². The van der Waals surface area contributed by atoms with Crippen LogP contribution >= 0.6 is 0 Å². The molecule has 0 aliphatic rings. The maximum atomic E-state index is 13.6. The summed E-state index contributed by atoms with van der Waals surface area (Å²) in [6, 6.07) is 4.20. The molecule has 0 aliphatic carbocycles. The van der Waals surface area contributed by atoms with Crippen molar-refractivity contribution < 1.29 is 4.39 Å². The molecule has 0 saturated heterocycles. The maximum Gasteiger partial charge on any atom is 0.129 e. The van der Waals surface area contributed by atoms with E-state index in [0.717, 1.165) is 36.8 Å². The summed E-state index contributed by atoms with van der Waals surface area (Å²) >= 11 is 0. The first-order valence-electron chi connectivity index (χ1n) is 6.08. The normalized spacial score (nSPS) is 12.8. The predicted molar refractivity (Wildman–Crippen MR) is 67.1 cm³/mol. The monoisotopic (exact) mass is 223 g/mol. The molecule has 0 aliphatic heterocycles. The summed E-state index contributed by atoms with van der Waals surface area (Å²) in [6.07, 6.45) is 3.85. The Morgan fingerprint density at radius 2 is 2.06 bits per heavy atom. The maximum absolute atomic E-state index is 13.6. The average molecular weight is 223 g/mol. The third-order valence-corrected chi connectivity index (χ3v) is 2.90. The summed E-state index contributed by atoms with van der Waals surface area (Å²) in [5, 5.41) is 0. The van der Waals surface area contributed by atoms with E-state index in [1.807, 2.05) is 32.9 Å². The van der Waals surface area contributed by atoms with Gasteiger partial charge in [-0.25, -0.2) is 4.39 Å². The van der Waals surface area contributed by atoms with Crippen LogP contribution in [0, 0.1) is 12.7 Å². The molecule has 0 aromatic heterocycles. The Kier molecular flexibility index (Phi) is 4.94. The lowest BCUT2D eigenvalue weighted by molar-refractivity contribution is 0.598. The highest BCUT2D eigenvalue weighted by molar-refractivity contribution is 5.31. The molecule has 0 radical (unpaired) electrons. The molecule has 0 fully saturated rings. The van der Waals surface area contributed by atoms with E-state index in [1.165, 1.54) is 5.56 Å². The van der Waals surface area contributed by atoms with Crippen molar-refractivity contribution in [2.45, 2.75) is 52.5 Å². The summed E-state index contributed by atoms with van der Waals surface area (Å²) in [4.78, 5) is 0. The van der Waals surface area contributed by atoms with Crippen molar-refractivity contribution in [3.63, 3.8) is 0 Å². The first-order valence-corrected chi connectivity index (χ1v) is 6.08. The van der Waals surface area contributed by atoms with Crippen molar-refractivity contribution in [2.24, 2.45) is 5.73 Å². The Bertz CT molecular complexity index is 345. The first kappa shape index (κ1) is 13.2. The quantitative estimate of drug-likeness (QED) is 0.813. The molecule has 1 atom stereocenters. The van der Waals surface area contributed by atoms with Crippen LogP contribution in [0.1, 0.15) is 43.4 Å². The van der Waals surface area contributed by atoms with E-state index in [-0.39, 0.29) is 11.9 Å². The van der Waals surface area contributed by atoms with Crippen molar-refractivity contribution >= 4 is 0 Å². The van der Waals surface area contributed by atoms with E-state index >= 15 is 0 Å². The molecule has 1 nitrogen and oxygen atoms in total. The zero-order chi connectivity index (χ0) is 12.1. The van der Waals surface area contributed by atoms with Crippen LogP contribution in [0.5, 0.6) is 0 Å². The molecular weight excluding hydrogens is 201 g/mol. The van der Waals surface area contributed by atoms with Crippen LogP contribution in [0.3, 0.4) is 0 Å². The SMILES string of the molecule is CCc1cc(CCC[C@H](C)N)cc(C)c1F. The third-order valence-electron chi connectivity index (χ3n) is 2.90. The molecule has 0 bridgehead atoms. The van der Waals surface area contributed by atoms with Gasteiger partial charge in [0.15, 0.2) is 0 Å². The van der Waals surface area contributed by atoms with Gasteiger partial charge in [-0.15, -0.1) is 0 Å². The van der Waals surface area contributed by atoms with Gasteiger partial charge in [0.25, 0.3) is 0 Å². The van der Waals surface area contributed by atoms with E-state index in [4.69, 9.17) is 5.73 Å². The summed E-state index contributed by atoms with van der Waals surface area (Å²) in [5.41, 5.74) is 8.53. The second-order valence-corrected chi connectivity index (χ2v) is 4.61. The van der Waals surface area contributed by atoms with E-state index in [9.17, 15) is 4.39 Å². The standard InChI is InChI=1S/C14H22FN/c1-4-13-9-12(7-5-6-11(3)16)8-10(2)14(13)15/h8-9,11H,4-7,16H2,1-3H3/t11-/m0/s1. The fourth-order valence-electron chi connectivity index (χ4n) is 1.95. The van der Waals surface area contributed by atoms with Gasteiger partial charge in [-0.2, -0.15) is 0 Å². The summed E-state index contributed by atoms with van der Waals surface area (Å²) in [6.45, 7) is 5.85. The van der Waals surface area contributed by atoms with Crippen molar-refractivity contribution in [3.8, 4) is 0 Å². The van der Waals surface area contributed by atoms with Gasteiger partial charge in [0.05, 0.1) is 0 Å². The molecule has 1 aromatic rings. The molecule has 16 heavy (non-hydrogen) atoms. The lowest BCUT2D eigenvalue weighted by Gasteiger charge is -2.09. The van der Waals surface area contributed by atoms with Gasteiger partial charge in [0, 0.05) is 6.04 Å². The highest BCUT2D eigenvalue weighted by Gasteiger charge is 2.06. The van der Waals surface area contributed by atoms with Crippen LogP contribution in [0.15, 0.2) is 12.1 Å². The van der Waals surface area contributed by atoms with E-state index in [0.29, 0.717) is 0 Å². The second kappa shape index (κ2) is 6.00. The Hall–Kier alpha value is -0.890. The topological polar surface area (TPSA) is 26.0 Å². The average Bonchev–Trinajstić information content (AvgIpc) is 2.22. The molecular formula is C14H22FN. The van der Waals surface area contributed by atoms with Crippen molar-refractivity contribution in [1.82, 2.24) is 0 Å². The number of nitrogens with two attached hydrogens (primary N) is 1. The second-order valence-electron chi connectivity index (χ2n) is 4.61. The largest absolute Gasteiger partial charge is 0.328 e. The molecule has 0 amide bonds. The van der Waals surface area contributed by atoms with Crippen LogP contribution in [0.25, 0.3) is 0 Å². The minimum atomic E-state index is -0.0431. The molecule has 2 N–H and O–H groups in total. The van der Waals surface area contributed by atoms with Crippen LogP contribution in [0.4, 0.5) is 4.39 Å². The van der Waals surface area contributed by atoms with Gasteiger partial charge >= 0.3 is 0 Å². The number of hydrogen-bond donors (Lipinski definition) is 1. The lowest BCUT2D eigenvalue weighted by Crippen LogP contribution is -2.14. The third kappa shape index (κ3) is 3.60. The molecule has 0 saturated carbocycles. The number of aryl methyl sites for hydroxylation is 3. The van der Waals surface area contributed by atoms with Crippen molar-refractivity contribution in [3.05, 3.63) is 34.6 Å². The van der Waals surface area contributed by atoms with Crippen molar-refractivity contribution in [2.75, 3.05) is 0 Å². The highest BCUT2D eigenvalue weighted by atomic mass is 19.1. The summed E-state index contributed by atoms with van der Waals surface area (Å²) in [7, 11) is 0. The smallest absolute Gasteiger partial charge is 0.129 e. The Morgan fingerprint density at radius 1 is 1.38 bits per heavy atom. The first-order chi connectivity index (χ1) is 7.54. The van der Waals surface area contributed by atoms with Crippen LogP contribution in [0.2, 0.25) is 0 Å². The summed E-state index contributed by atoms with van der Waals surface area (Å²) in [5.74, 6) is -0.0431. The van der Waals surface area contributed by atoms with E-state index in [1.54, 1.807) is 0 Å². The minimum Gasteiger partial charge on any atom is -0.328 e. The fourth-order valence-corrected chi connectivity index (χ4v) is 1.95. The molecule has 1 rings (SSSR count). The van der Waals surface area contributed by atoms with E-state index < -0.39 is 0 Å². The fraction of sp³-hybridized carbons (Fsp3) is 0.571. The number of rotatable bonds is 5. The van der Waals surface area contributed by atoms with Crippen LogP contribution in [-0.4, -0.2) is 6.04 Å². The molecule has 2 heteroatoms. The predicted octanol–water partition coefficient (Wildman–Crippen LogP) is 3.37. The molecule has 0 heterocycles. The van der Waals surface area contributed by atoms with Gasteiger partial charge in [-0.1, -0.05) is 19.1 Å². The number of hydrogen-bond acceptors (Lipinski definition) is 1. The Labute approximate surface area is 97.9 Å². The number of benzene rings is 1. The molecule has 90 valence electrons. The van der Waals surface area contributed by atoms with Crippen LogP contribution < -0.4 is 5.73 Å². The molecule has 0 unspecified atom stereocenters. The lowest BCUT2D eigenvalue weighted by atomic mass is 9.99.